The third kappa shape index (κ3) is 3.85. The van der Waals surface area contributed by atoms with Crippen molar-refractivity contribution in [2.75, 3.05) is 7.11 Å². The quantitative estimate of drug-likeness (QED) is 0.281. The average molecular weight is 160 g/mol. The van der Waals surface area contributed by atoms with Crippen molar-refractivity contribution in [1.82, 2.24) is 0 Å². The van der Waals surface area contributed by atoms with Crippen molar-refractivity contribution in [2.45, 2.75) is 0 Å². The smallest absolute Gasteiger partial charge is 0.330 e. The Morgan fingerprint density at radius 3 is 2.20 bits per heavy atom. The summed E-state index contributed by atoms with van der Waals surface area (Å²) in [7, 11) is 1.57. The summed E-state index contributed by atoms with van der Waals surface area (Å²) in [5.41, 5.74) is 0. The number of carbonyl (C=O) groups is 2. The molecule has 0 aliphatic heterocycles. The number of hydrogen-bond donors (Lipinski definition) is 0. The summed E-state index contributed by atoms with van der Waals surface area (Å²) in [6.07, 6.45) is 2.04. The minimum atomic E-state index is -0.563. The van der Waals surface area contributed by atoms with Gasteiger partial charge in [-0.25, -0.2) is 9.59 Å². The first-order valence-corrected chi connectivity index (χ1v) is 3.36. The molecule has 0 radical (unpaired) electrons. The van der Waals surface area contributed by atoms with Gasteiger partial charge in [-0.05, 0) is 0 Å². The van der Waals surface area contributed by atoms with E-state index in [1.165, 1.54) is 7.11 Å². The van der Waals surface area contributed by atoms with Crippen LogP contribution in [0, 0.1) is 0 Å². The van der Waals surface area contributed by atoms with Crippen LogP contribution < -0.4 is 0 Å². The molecule has 0 aliphatic rings. The number of methoxy groups -OCH3 is 1. The van der Waals surface area contributed by atoms with Crippen molar-refractivity contribution >= 4 is 22.4 Å². The normalized spacial score (nSPS) is 9.70. The van der Waals surface area contributed by atoms with E-state index < -0.39 is 11.9 Å². The Labute approximate surface area is 61.4 Å². The maximum atomic E-state index is 10.4. The first kappa shape index (κ1) is 8.90. The highest BCUT2D eigenvalue weighted by Crippen LogP contribution is 1.79. The maximum absolute atomic E-state index is 10.4. The van der Waals surface area contributed by atoms with Gasteiger partial charge < -0.3 is 9.16 Å². The van der Waals surface area contributed by atoms with Crippen LogP contribution in [0.1, 0.15) is 0 Å². The Bertz CT molecular complexity index is 145. The molecule has 0 rings (SSSR count). The van der Waals surface area contributed by atoms with Gasteiger partial charge in [0, 0.05) is 12.2 Å². The second kappa shape index (κ2) is 4.75. The molecule has 0 aromatic rings. The molecular weight excluding hydrogens is 152 g/mol. The van der Waals surface area contributed by atoms with Crippen LogP contribution in [0.15, 0.2) is 12.2 Å². The van der Waals surface area contributed by atoms with E-state index in [1.807, 2.05) is 0 Å². The summed E-state index contributed by atoms with van der Waals surface area (Å²) in [6, 6.07) is 0. The zero-order valence-corrected chi connectivity index (χ0v) is 7.79. The largest absolute Gasteiger partial charge is 0.526 e. The Hall–Kier alpha value is -1.10. The number of ether oxygens (including phenoxy) is 1. The fourth-order valence-electron chi connectivity index (χ4n) is 0.272. The standard InChI is InChI=1S/C5H8O4Si/c1-8-4(6)2-3-5(7)9-10/h2-3H,1,10H3. The molecule has 0 aromatic heterocycles. The van der Waals surface area contributed by atoms with Gasteiger partial charge in [0.2, 0.25) is 10.5 Å². The van der Waals surface area contributed by atoms with Gasteiger partial charge in [0.25, 0.3) is 0 Å². The minimum absolute atomic E-state index is 0.332. The predicted octanol–water partition coefficient (Wildman–Crippen LogP) is -1.46. The van der Waals surface area contributed by atoms with Gasteiger partial charge in [-0.15, -0.1) is 0 Å². The fraction of sp³-hybridized carbons (Fsp3) is 0.200. The first-order chi connectivity index (χ1) is 4.70. The molecule has 0 saturated carbocycles. The lowest BCUT2D eigenvalue weighted by atomic mass is 10.5. The van der Waals surface area contributed by atoms with Crippen LogP contribution in [0.4, 0.5) is 0 Å². The van der Waals surface area contributed by atoms with E-state index in [1.54, 1.807) is 0 Å². The maximum Gasteiger partial charge on any atom is 0.330 e. The van der Waals surface area contributed by atoms with Crippen molar-refractivity contribution in [3.63, 3.8) is 0 Å². The number of rotatable bonds is 2. The zero-order chi connectivity index (χ0) is 7.98. The van der Waals surface area contributed by atoms with E-state index in [9.17, 15) is 9.59 Å². The Balaban J connectivity index is 3.75. The van der Waals surface area contributed by atoms with Crippen LogP contribution in [-0.2, 0) is 18.8 Å². The highest BCUT2D eigenvalue weighted by atomic mass is 28.2. The van der Waals surface area contributed by atoms with Crippen molar-refractivity contribution in [2.24, 2.45) is 0 Å². The summed E-state index contributed by atoms with van der Waals surface area (Å²) in [4.78, 5) is 20.7. The van der Waals surface area contributed by atoms with Crippen LogP contribution in [-0.4, -0.2) is 29.5 Å². The molecule has 0 unspecified atom stereocenters. The molecule has 10 heavy (non-hydrogen) atoms. The van der Waals surface area contributed by atoms with Crippen molar-refractivity contribution in [1.29, 1.82) is 0 Å². The van der Waals surface area contributed by atoms with E-state index in [2.05, 4.69) is 9.16 Å². The van der Waals surface area contributed by atoms with Gasteiger partial charge in [0.05, 0.1) is 7.11 Å². The molecular formula is C5H8O4Si. The first-order valence-electron chi connectivity index (χ1n) is 2.54. The van der Waals surface area contributed by atoms with Crippen LogP contribution in [0.25, 0.3) is 0 Å². The summed E-state index contributed by atoms with van der Waals surface area (Å²) in [5.74, 6) is -1.08. The van der Waals surface area contributed by atoms with E-state index in [-0.39, 0.29) is 0 Å². The molecule has 0 aliphatic carbocycles. The molecule has 0 saturated heterocycles. The van der Waals surface area contributed by atoms with Crippen LogP contribution >= 0.6 is 0 Å². The summed E-state index contributed by atoms with van der Waals surface area (Å²) >= 11 is 0. The molecule has 0 heterocycles. The number of carbonyl (C=O) groups excluding carboxylic acids is 2. The third-order valence-corrected chi connectivity index (χ3v) is 1.16. The third-order valence-electron chi connectivity index (χ3n) is 0.758. The molecule has 0 fully saturated rings. The minimum Gasteiger partial charge on any atom is -0.526 e. The van der Waals surface area contributed by atoms with Crippen LogP contribution in [0.5, 0.6) is 0 Å². The van der Waals surface area contributed by atoms with Crippen molar-refractivity contribution < 1.29 is 18.8 Å². The average Bonchev–Trinajstić information content (AvgIpc) is 1.99. The number of esters is 1. The van der Waals surface area contributed by atoms with Gasteiger partial charge in [-0.2, -0.15) is 0 Å². The lowest BCUT2D eigenvalue weighted by molar-refractivity contribution is -0.135. The SMILES string of the molecule is COC(=O)C=CC(=O)O[SiH3]. The highest BCUT2D eigenvalue weighted by Gasteiger charge is 1.93. The Kier molecular flexibility index (Phi) is 4.22. The van der Waals surface area contributed by atoms with Gasteiger partial charge >= 0.3 is 11.9 Å². The molecule has 0 bridgehead atoms. The van der Waals surface area contributed by atoms with Gasteiger partial charge in [0.1, 0.15) is 0 Å². The van der Waals surface area contributed by atoms with Gasteiger partial charge in [-0.3, -0.25) is 0 Å². The van der Waals surface area contributed by atoms with E-state index in [0.717, 1.165) is 12.2 Å². The lowest BCUT2D eigenvalue weighted by Crippen LogP contribution is -1.99. The van der Waals surface area contributed by atoms with Gasteiger partial charge in [-0.1, -0.05) is 0 Å². The molecule has 0 amide bonds. The highest BCUT2D eigenvalue weighted by molar-refractivity contribution is 6.08. The second-order valence-corrected chi connectivity index (χ2v) is 1.79. The zero-order valence-electron chi connectivity index (χ0n) is 5.79. The molecule has 4 nitrogen and oxygen atoms in total. The summed E-state index contributed by atoms with van der Waals surface area (Å²) in [5, 5.41) is 0. The topological polar surface area (TPSA) is 52.6 Å². The molecule has 0 aromatic carbocycles. The molecule has 56 valence electrons. The molecule has 0 atom stereocenters. The van der Waals surface area contributed by atoms with Gasteiger partial charge in [0.15, 0.2) is 0 Å². The lowest BCUT2D eigenvalue weighted by Gasteiger charge is -1.90. The van der Waals surface area contributed by atoms with E-state index in [4.69, 9.17) is 0 Å². The van der Waals surface area contributed by atoms with Crippen molar-refractivity contribution in [3.05, 3.63) is 12.2 Å². The predicted molar refractivity (Wildman–Crippen MR) is 37.2 cm³/mol. The molecule has 0 N–H and O–H groups in total. The second-order valence-electron chi connectivity index (χ2n) is 1.38. The van der Waals surface area contributed by atoms with Crippen LogP contribution in [0.3, 0.4) is 0 Å². The summed E-state index contributed by atoms with van der Waals surface area (Å²) < 4.78 is 8.57. The van der Waals surface area contributed by atoms with E-state index >= 15 is 0 Å². The monoisotopic (exact) mass is 160 g/mol. The Morgan fingerprint density at radius 1 is 1.30 bits per heavy atom. The summed E-state index contributed by atoms with van der Waals surface area (Å²) in [6.45, 7) is 0. The van der Waals surface area contributed by atoms with Crippen LogP contribution in [0.2, 0.25) is 0 Å². The fourth-order valence-corrected chi connectivity index (χ4v) is 0.408. The number of hydrogen-bond acceptors (Lipinski definition) is 4. The molecule has 5 heteroatoms. The van der Waals surface area contributed by atoms with E-state index in [0.29, 0.717) is 10.5 Å². The van der Waals surface area contributed by atoms with Crippen molar-refractivity contribution in [3.8, 4) is 0 Å². The Morgan fingerprint density at radius 2 is 1.80 bits per heavy atom. The molecule has 0 spiro atoms.